The number of anilines is 1. The number of carbonyl (C=O) groups is 2. The van der Waals surface area contributed by atoms with Crippen molar-refractivity contribution in [3.63, 3.8) is 0 Å². The summed E-state index contributed by atoms with van der Waals surface area (Å²) in [7, 11) is 0. The van der Waals surface area contributed by atoms with E-state index in [4.69, 9.17) is 14.5 Å². The Bertz CT molecular complexity index is 1320. The van der Waals surface area contributed by atoms with Crippen LogP contribution in [0.15, 0.2) is 24.3 Å². The molecule has 1 aromatic carbocycles. The van der Waals surface area contributed by atoms with Crippen LogP contribution in [0.2, 0.25) is 0 Å². The van der Waals surface area contributed by atoms with Crippen molar-refractivity contribution in [2.45, 2.75) is 84.8 Å². The van der Waals surface area contributed by atoms with E-state index in [1.807, 2.05) is 35.8 Å². The van der Waals surface area contributed by atoms with Gasteiger partial charge in [0.25, 0.3) is 0 Å². The fourth-order valence-corrected chi connectivity index (χ4v) is 4.06. The summed E-state index contributed by atoms with van der Waals surface area (Å²) in [6.45, 7) is 12.8. The molecule has 0 atom stereocenters. The highest BCUT2D eigenvalue weighted by atomic mass is 16.5. The van der Waals surface area contributed by atoms with Gasteiger partial charge in [-0.25, -0.2) is 9.97 Å². The van der Waals surface area contributed by atoms with E-state index in [-0.39, 0.29) is 44.4 Å². The summed E-state index contributed by atoms with van der Waals surface area (Å²) in [5.74, 6) is 0.0234. The molecule has 2 amide bonds. The Balaban J connectivity index is 1.84. The van der Waals surface area contributed by atoms with Crippen LogP contribution in [0, 0.1) is 0 Å². The highest BCUT2D eigenvalue weighted by Gasteiger charge is 2.27. The van der Waals surface area contributed by atoms with E-state index in [9.17, 15) is 19.8 Å². The second kappa shape index (κ2) is 12.0. The van der Waals surface area contributed by atoms with E-state index in [0.29, 0.717) is 23.5 Å². The van der Waals surface area contributed by atoms with Crippen LogP contribution >= 0.6 is 0 Å². The predicted octanol–water partition coefficient (Wildman–Crippen LogP) is 2.90. The zero-order valence-corrected chi connectivity index (χ0v) is 23.9. The number of rotatable bonds is 13. The second-order valence-corrected chi connectivity index (χ2v) is 11.6. The molecule has 0 aliphatic carbocycles. The molecule has 0 spiro atoms. The monoisotopic (exact) mass is 543 g/mol. The number of pyridine rings is 1. The Kier molecular flexibility index (Phi) is 9.32. The maximum absolute atomic E-state index is 12.9. The van der Waals surface area contributed by atoms with Crippen LogP contribution in [0.4, 0.5) is 5.82 Å². The molecule has 0 saturated heterocycles. The van der Waals surface area contributed by atoms with Crippen molar-refractivity contribution in [1.29, 1.82) is 0 Å². The van der Waals surface area contributed by atoms with Gasteiger partial charge in [0, 0.05) is 12.0 Å². The van der Waals surface area contributed by atoms with Crippen molar-refractivity contribution in [3.8, 4) is 0 Å². The summed E-state index contributed by atoms with van der Waals surface area (Å²) in [5.41, 5.74) is -1.03. The lowest BCUT2D eigenvalue weighted by atomic mass is 10.0. The average Bonchev–Trinajstić information content (AvgIpc) is 3.17. The van der Waals surface area contributed by atoms with Gasteiger partial charge < -0.3 is 34.9 Å². The first-order valence-electron chi connectivity index (χ1n) is 13.1. The third-order valence-corrected chi connectivity index (χ3v) is 5.75. The minimum absolute atomic E-state index is 0.0109. The SMILES string of the molecule is CCOCc1nc2c(NC(=O)CNC(=O)CC(C)(C)OCC(C)(C)O)nc3ccccc3c2n1CC(C)(C)O. The molecule has 0 aliphatic heterocycles. The zero-order valence-electron chi connectivity index (χ0n) is 23.9. The van der Waals surface area contributed by atoms with Crippen molar-refractivity contribution < 1.29 is 29.3 Å². The summed E-state index contributed by atoms with van der Waals surface area (Å²) < 4.78 is 13.2. The Hall–Kier alpha value is -3.12. The first-order chi connectivity index (χ1) is 18.1. The number of aromatic nitrogens is 3. The van der Waals surface area contributed by atoms with E-state index in [1.165, 1.54) is 0 Å². The van der Waals surface area contributed by atoms with Crippen molar-refractivity contribution in [2.75, 3.05) is 25.1 Å². The molecule has 0 bridgehead atoms. The average molecular weight is 544 g/mol. The van der Waals surface area contributed by atoms with Crippen LogP contribution in [0.3, 0.4) is 0 Å². The maximum Gasteiger partial charge on any atom is 0.244 e. The van der Waals surface area contributed by atoms with Gasteiger partial charge in [-0.2, -0.15) is 0 Å². The smallest absolute Gasteiger partial charge is 0.244 e. The first-order valence-corrected chi connectivity index (χ1v) is 13.1. The highest BCUT2D eigenvalue weighted by Crippen LogP contribution is 2.31. The minimum Gasteiger partial charge on any atom is -0.389 e. The zero-order chi connectivity index (χ0) is 29.0. The lowest BCUT2D eigenvalue weighted by Gasteiger charge is -2.28. The number of amides is 2. The number of hydrogen-bond acceptors (Lipinski definition) is 8. The topological polar surface area (TPSA) is 148 Å². The lowest BCUT2D eigenvalue weighted by Crippen LogP contribution is -2.40. The number of imidazole rings is 1. The van der Waals surface area contributed by atoms with Gasteiger partial charge in [-0.3, -0.25) is 9.59 Å². The summed E-state index contributed by atoms with van der Waals surface area (Å²) in [4.78, 5) is 34.8. The number of nitrogens with one attached hydrogen (secondary N) is 2. The third-order valence-electron chi connectivity index (χ3n) is 5.75. The predicted molar refractivity (Wildman–Crippen MR) is 149 cm³/mol. The summed E-state index contributed by atoms with van der Waals surface area (Å²) in [6, 6.07) is 7.51. The maximum atomic E-state index is 12.9. The fourth-order valence-electron chi connectivity index (χ4n) is 4.06. The molecular formula is C28H41N5O6. The van der Waals surface area contributed by atoms with Gasteiger partial charge >= 0.3 is 0 Å². The molecule has 0 unspecified atom stereocenters. The number of aliphatic hydroxyl groups is 2. The number of hydrogen-bond donors (Lipinski definition) is 4. The van der Waals surface area contributed by atoms with Crippen LogP contribution < -0.4 is 10.6 Å². The van der Waals surface area contributed by atoms with Gasteiger partial charge in [0.2, 0.25) is 11.8 Å². The lowest BCUT2D eigenvalue weighted by molar-refractivity contribution is -0.134. The molecular weight excluding hydrogens is 502 g/mol. The number of carbonyl (C=O) groups excluding carboxylic acids is 2. The van der Waals surface area contributed by atoms with Crippen molar-refractivity contribution >= 4 is 39.6 Å². The molecule has 2 aromatic heterocycles. The fraction of sp³-hybridized carbons (Fsp3) is 0.571. The standard InChI is InChI=1S/C28H41N5O6/c1-8-38-15-20-31-23-24(33(20)16-26(2,3)36)18-11-9-10-12-19(18)30-25(23)32-22(35)14-29-21(34)13-28(6,7)39-17-27(4,5)37/h9-12,36-37H,8,13-17H2,1-7H3,(H,29,34)(H,30,32,35). The number of para-hydroxylation sites is 1. The van der Waals surface area contributed by atoms with Crippen molar-refractivity contribution in [2.24, 2.45) is 0 Å². The number of benzene rings is 1. The second-order valence-electron chi connectivity index (χ2n) is 11.6. The van der Waals surface area contributed by atoms with Gasteiger partial charge in [-0.15, -0.1) is 0 Å². The van der Waals surface area contributed by atoms with Crippen LogP contribution in [-0.2, 0) is 32.2 Å². The molecule has 2 heterocycles. The first kappa shape index (κ1) is 30.4. The normalized spacial score (nSPS) is 12.7. The third kappa shape index (κ3) is 8.69. The van der Waals surface area contributed by atoms with Crippen LogP contribution in [0.5, 0.6) is 0 Å². The van der Waals surface area contributed by atoms with E-state index in [0.717, 1.165) is 10.9 Å². The Morgan fingerprint density at radius 3 is 2.33 bits per heavy atom. The van der Waals surface area contributed by atoms with E-state index >= 15 is 0 Å². The highest BCUT2D eigenvalue weighted by molar-refractivity contribution is 6.10. The Labute approximate surface area is 228 Å². The van der Waals surface area contributed by atoms with Crippen LogP contribution in [-0.4, -0.2) is 73.1 Å². The van der Waals surface area contributed by atoms with Gasteiger partial charge in [0.15, 0.2) is 5.82 Å². The largest absolute Gasteiger partial charge is 0.389 e. The Morgan fingerprint density at radius 1 is 1.00 bits per heavy atom. The van der Waals surface area contributed by atoms with E-state index < -0.39 is 22.7 Å². The van der Waals surface area contributed by atoms with Crippen LogP contribution in [0.1, 0.15) is 60.7 Å². The van der Waals surface area contributed by atoms with Gasteiger partial charge in [0.1, 0.15) is 17.9 Å². The number of fused-ring (bicyclic) bond motifs is 3. The van der Waals surface area contributed by atoms with Crippen LogP contribution in [0.25, 0.3) is 21.9 Å². The summed E-state index contributed by atoms with van der Waals surface area (Å²) in [5, 5.41) is 26.7. The molecule has 4 N–H and O–H groups in total. The number of ether oxygens (including phenoxy) is 2. The molecule has 0 fully saturated rings. The molecule has 0 aliphatic rings. The molecule has 214 valence electrons. The molecule has 0 saturated carbocycles. The number of nitrogens with zero attached hydrogens (tertiary/aromatic N) is 3. The molecule has 39 heavy (non-hydrogen) atoms. The van der Waals surface area contributed by atoms with Crippen molar-refractivity contribution in [3.05, 3.63) is 30.1 Å². The van der Waals surface area contributed by atoms with E-state index in [2.05, 4.69) is 15.6 Å². The minimum atomic E-state index is -1.03. The van der Waals surface area contributed by atoms with Gasteiger partial charge in [-0.1, -0.05) is 18.2 Å². The molecule has 3 aromatic rings. The summed E-state index contributed by atoms with van der Waals surface area (Å²) >= 11 is 0. The molecule has 11 nitrogen and oxygen atoms in total. The quantitative estimate of drug-likeness (QED) is 0.257. The van der Waals surface area contributed by atoms with Crippen molar-refractivity contribution in [1.82, 2.24) is 19.9 Å². The van der Waals surface area contributed by atoms with Gasteiger partial charge in [-0.05, 0) is 54.5 Å². The molecule has 3 rings (SSSR count). The Morgan fingerprint density at radius 2 is 1.69 bits per heavy atom. The molecule has 11 heteroatoms. The van der Waals surface area contributed by atoms with E-state index in [1.54, 1.807) is 41.5 Å². The molecule has 0 radical (unpaired) electrons. The van der Waals surface area contributed by atoms with Gasteiger partial charge in [0.05, 0.1) is 54.0 Å². The summed E-state index contributed by atoms with van der Waals surface area (Å²) in [6.07, 6.45) is 0.0109.